The van der Waals surface area contributed by atoms with Gasteiger partial charge in [0.25, 0.3) is 21.8 Å². The van der Waals surface area contributed by atoms with E-state index in [0.717, 1.165) is 24.2 Å². The van der Waals surface area contributed by atoms with Crippen LogP contribution < -0.4 is 5.32 Å². The molecular weight excluding hydrogens is 426 g/mol. The van der Waals surface area contributed by atoms with Gasteiger partial charge in [-0.3, -0.25) is 19.3 Å². The average molecular weight is 449 g/mol. The summed E-state index contributed by atoms with van der Waals surface area (Å²) < 4.78 is 30.7. The Morgan fingerprint density at radius 3 is 2.68 bits per heavy atom. The minimum absolute atomic E-state index is 0.0354. The molecule has 1 aromatic rings. The molecule has 31 heavy (non-hydrogen) atoms. The van der Waals surface area contributed by atoms with Gasteiger partial charge in [0.05, 0.1) is 12.1 Å². The predicted molar refractivity (Wildman–Crippen MR) is 106 cm³/mol. The van der Waals surface area contributed by atoms with E-state index in [1.807, 2.05) is 6.92 Å². The fraction of sp³-hybridized carbons (Fsp3) is 0.500. The molecule has 166 valence electrons. The highest BCUT2D eigenvalue weighted by Crippen LogP contribution is 2.38. The molecule has 2 atom stereocenters. The van der Waals surface area contributed by atoms with Crippen molar-refractivity contribution in [2.24, 2.45) is 5.92 Å². The summed E-state index contributed by atoms with van der Waals surface area (Å²) in [4.78, 5) is 50.6. The van der Waals surface area contributed by atoms with Gasteiger partial charge in [-0.25, -0.2) is 17.5 Å². The molecule has 1 N–H and O–H groups in total. The van der Waals surface area contributed by atoms with E-state index in [1.165, 1.54) is 18.2 Å². The SMILES string of the molecule is C[C@@H]1CCCC[C@@]12NC(=O)N(CC(=O)OCCN1C(=O)c3ccccc3S1(=O)=O)C2=O. The summed E-state index contributed by atoms with van der Waals surface area (Å²) >= 11 is 0. The van der Waals surface area contributed by atoms with Gasteiger partial charge in [0, 0.05) is 0 Å². The van der Waals surface area contributed by atoms with Crippen molar-refractivity contribution >= 4 is 33.8 Å². The summed E-state index contributed by atoms with van der Waals surface area (Å²) in [6.07, 6.45) is 3.14. The highest BCUT2D eigenvalue weighted by atomic mass is 32.2. The molecule has 2 heterocycles. The topological polar surface area (TPSA) is 130 Å². The molecule has 2 fully saturated rings. The summed E-state index contributed by atoms with van der Waals surface area (Å²) in [5.74, 6) is -2.01. The number of hydrogen-bond donors (Lipinski definition) is 1. The lowest BCUT2D eigenvalue weighted by molar-refractivity contribution is -0.148. The number of urea groups is 1. The van der Waals surface area contributed by atoms with Gasteiger partial charge in [-0.15, -0.1) is 0 Å². The summed E-state index contributed by atoms with van der Waals surface area (Å²) in [5, 5.41) is 2.75. The quantitative estimate of drug-likeness (QED) is 0.521. The molecule has 1 aromatic carbocycles. The van der Waals surface area contributed by atoms with Crippen LogP contribution in [0.4, 0.5) is 4.79 Å². The van der Waals surface area contributed by atoms with Crippen LogP contribution in [0.25, 0.3) is 0 Å². The number of sulfonamides is 1. The fourth-order valence-electron chi connectivity index (χ4n) is 4.51. The molecule has 1 saturated heterocycles. The van der Waals surface area contributed by atoms with Crippen molar-refractivity contribution in [1.29, 1.82) is 0 Å². The molecule has 4 amide bonds. The maximum absolute atomic E-state index is 12.9. The molecule has 3 aliphatic rings. The van der Waals surface area contributed by atoms with Gasteiger partial charge in [0.1, 0.15) is 23.6 Å². The zero-order valence-corrected chi connectivity index (χ0v) is 17.8. The molecule has 0 aromatic heterocycles. The van der Waals surface area contributed by atoms with Crippen molar-refractivity contribution in [3.05, 3.63) is 29.8 Å². The number of carbonyl (C=O) groups excluding carboxylic acids is 4. The molecule has 0 radical (unpaired) electrons. The summed E-state index contributed by atoms with van der Waals surface area (Å²) in [7, 11) is -3.99. The van der Waals surface area contributed by atoms with Gasteiger partial charge in [-0.1, -0.05) is 31.9 Å². The van der Waals surface area contributed by atoms with E-state index in [-0.39, 0.29) is 29.5 Å². The van der Waals surface area contributed by atoms with Gasteiger partial charge < -0.3 is 10.1 Å². The van der Waals surface area contributed by atoms with Crippen molar-refractivity contribution in [1.82, 2.24) is 14.5 Å². The van der Waals surface area contributed by atoms with Gasteiger partial charge in [0.15, 0.2) is 0 Å². The number of nitrogens with zero attached hydrogens (tertiary/aromatic N) is 2. The van der Waals surface area contributed by atoms with Crippen LogP contribution in [0, 0.1) is 5.92 Å². The molecule has 0 bridgehead atoms. The lowest BCUT2D eigenvalue weighted by Crippen LogP contribution is -2.54. The Hall–Kier alpha value is -2.95. The maximum Gasteiger partial charge on any atom is 0.326 e. The minimum atomic E-state index is -3.99. The smallest absolute Gasteiger partial charge is 0.326 e. The largest absolute Gasteiger partial charge is 0.462 e. The van der Waals surface area contributed by atoms with Crippen LogP contribution in [0.15, 0.2) is 29.2 Å². The molecule has 0 unspecified atom stereocenters. The summed E-state index contributed by atoms with van der Waals surface area (Å²) in [6.45, 7) is 0.594. The van der Waals surface area contributed by atoms with Crippen molar-refractivity contribution in [3.63, 3.8) is 0 Å². The van der Waals surface area contributed by atoms with E-state index in [1.54, 1.807) is 6.07 Å². The van der Waals surface area contributed by atoms with Gasteiger partial charge in [-0.05, 0) is 30.9 Å². The van der Waals surface area contributed by atoms with Crippen molar-refractivity contribution in [3.8, 4) is 0 Å². The van der Waals surface area contributed by atoms with Crippen LogP contribution in [0.5, 0.6) is 0 Å². The number of ether oxygens (including phenoxy) is 1. The van der Waals surface area contributed by atoms with Gasteiger partial charge >= 0.3 is 12.0 Å². The average Bonchev–Trinajstić information content (AvgIpc) is 3.08. The van der Waals surface area contributed by atoms with E-state index in [0.29, 0.717) is 10.7 Å². The van der Waals surface area contributed by atoms with E-state index >= 15 is 0 Å². The second-order valence-electron chi connectivity index (χ2n) is 8.04. The summed E-state index contributed by atoms with van der Waals surface area (Å²) in [5.41, 5.74) is -0.905. The Morgan fingerprint density at radius 2 is 1.97 bits per heavy atom. The van der Waals surface area contributed by atoms with Crippen LogP contribution in [-0.4, -0.2) is 66.7 Å². The molecular formula is C20H23N3O7S. The zero-order valence-electron chi connectivity index (χ0n) is 17.0. The first-order valence-corrected chi connectivity index (χ1v) is 11.6. The lowest BCUT2D eigenvalue weighted by atomic mass is 9.73. The Bertz CT molecular complexity index is 1070. The molecule has 1 spiro atoms. The molecule has 4 rings (SSSR count). The van der Waals surface area contributed by atoms with Crippen LogP contribution >= 0.6 is 0 Å². The van der Waals surface area contributed by atoms with Crippen LogP contribution in [0.1, 0.15) is 43.0 Å². The number of benzene rings is 1. The first-order valence-electron chi connectivity index (χ1n) is 10.1. The second kappa shape index (κ2) is 7.63. The van der Waals surface area contributed by atoms with E-state index < -0.39 is 45.9 Å². The number of rotatable bonds is 5. The standard InChI is InChI=1S/C20H23N3O7S/c1-13-6-4-5-9-20(13)18(26)22(19(27)21-20)12-16(24)30-11-10-23-17(25)14-7-2-3-8-15(14)31(23,28)29/h2-3,7-8,13H,4-6,9-12H2,1H3,(H,21,27)/t13-,20-/m1/s1. The van der Waals surface area contributed by atoms with Crippen molar-refractivity contribution in [2.45, 2.75) is 43.0 Å². The highest BCUT2D eigenvalue weighted by molar-refractivity contribution is 7.90. The number of nitrogens with one attached hydrogen (secondary N) is 1. The molecule has 2 aliphatic heterocycles. The fourth-order valence-corrected chi connectivity index (χ4v) is 6.06. The van der Waals surface area contributed by atoms with E-state index in [9.17, 15) is 27.6 Å². The minimum Gasteiger partial charge on any atom is -0.462 e. The third-order valence-corrected chi connectivity index (χ3v) is 8.10. The third-order valence-electron chi connectivity index (χ3n) is 6.26. The number of esters is 1. The number of fused-ring (bicyclic) bond motifs is 1. The molecule has 10 nitrogen and oxygen atoms in total. The van der Waals surface area contributed by atoms with Gasteiger partial charge in [-0.2, -0.15) is 0 Å². The first-order chi connectivity index (χ1) is 14.7. The Balaban J connectivity index is 1.35. The first kappa shape index (κ1) is 21.3. The number of imide groups is 1. The second-order valence-corrected chi connectivity index (χ2v) is 9.87. The number of carbonyl (C=O) groups is 4. The Kier molecular flexibility index (Phi) is 5.24. The molecule has 11 heteroatoms. The normalized spacial score (nSPS) is 26.9. The lowest BCUT2D eigenvalue weighted by Gasteiger charge is -2.36. The summed E-state index contributed by atoms with van der Waals surface area (Å²) in [6, 6.07) is 5.21. The Morgan fingerprint density at radius 1 is 1.23 bits per heavy atom. The zero-order chi connectivity index (χ0) is 22.4. The van der Waals surface area contributed by atoms with Crippen LogP contribution in [0.2, 0.25) is 0 Å². The van der Waals surface area contributed by atoms with E-state index in [4.69, 9.17) is 4.74 Å². The number of hydrogen-bond acceptors (Lipinski definition) is 7. The van der Waals surface area contributed by atoms with E-state index in [2.05, 4.69) is 5.32 Å². The monoisotopic (exact) mass is 449 g/mol. The number of amides is 4. The highest BCUT2D eigenvalue weighted by Gasteiger charge is 2.55. The van der Waals surface area contributed by atoms with Crippen molar-refractivity contribution < 1.29 is 32.3 Å². The maximum atomic E-state index is 12.9. The predicted octanol–water partition coefficient (Wildman–Crippen LogP) is 0.875. The molecule has 1 saturated carbocycles. The molecule has 1 aliphatic carbocycles. The van der Waals surface area contributed by atoms with Gasteiger partial charge in [0.2, 0.25) is 0 Å². The third kappa shape index (κ3) is 3.36. The van der Waals surface area contributed by atoms with Crippen LogP contribution in [0.3, 0.4) is 0 Å². The van der Waals surface area contributed by atoms with Crippen LogP contribution in [-0.2, 0) is 24.3 Å². The Labute approximate surface area is 179 Å². The van der Waals surface area contributed by atoms with Crippen molar-refractivity contribution in [2.75, 3.05) is 19.7 Å².